The first-order chi connectivity index (χ1) is 11.6. The van der Waals surface area contributed by atoms with Crippen molar-refractivity contribution >= 4 is 11.8 Å². The van der Waals surface area contributed by atoms with Crippen LogP contribution in [0.4, 0.5) is 0 Å². The number of benzene rings is 2. The lowest BCUT2D eigenvalue weighted by atomic mass is 10.1. The van der Waals surface area contributed by atoms with Gasteiger partial charge in [0.25, 0.3) is 0 Å². The lowest BCUT2D eigenvalue weighted by Gasteiger charge is -2.06. The Morgan fingerprint density at radius 3 is 2.58 bits per heavy atom. The van der Waals surface area contributed by atoms with Crippen LogP contribution in [0.15, 0.2) is 54.9 Å². The highest BCUT2D eigenvalue weighted by molar-refractivity contribution is 5.99. The van der Waals surface area contributed by atoms with Gasteiger partial charge in [-0.15, -0.1) is 5.10 Å². The number of carbonyl (C=O) groups excluding carboxylic acids is 2. The van der Waals surface area contributed by atoms with E-state index in [1.807, 2.05) is 19.1 Å². The summed E-state index contributed by atoms with van der Waals surface area (Å²) in [5.74, 6) is -0.828. The summed E-state index contributed by atoms with van der Waals surface area (Å²) >= 11 is 0. The van der Waals surface area contributed by atoms with Gasteiger partial charge in [-0.1, -0.05) is 35.9 Å². The molecule has 0 fully saturated rings. The van der Waals surface area contributed by atoms with E-state index in [4.69, 9.17) is 4.74 Å². The highest BCUT2D eigenvalue weighted by atomic mass is 16.5. The monoisotopic (exact) mass is 322 g/mol. The van der Waals surface area contributed by atoms with Crippen LogP contribution in [-0.4, -0.2) is 38.6 Å². The van der Waals surface area contributed by atoms with Gasteiger partial charge in [-0.3, -0.25) is 4.79 Å². The summed E-state index contributed by atoms with van der Waals surface area (Å²) in [6.45, 7) is 1.63. The van der Waals surface area contributed by atoms with Crippen molar-refractivity contribution in [3.63, 3.8) is 0 Å². The van der Waals surface area contributed by atoms with Crippen molar-refractivity contribution in [1.82, 2.24) is 20.2 Å². The van der Waals surface area contributed by atoms with Crippen LogP contribution >= 0.6 is 0 Å². The van der Waals surface area contributed by atoms with Crippen LogP contribution in [0.5, 0.6) is 0 Å². The second-order valence-corrected chi connectivity index (χ2v) is 5.17. The minimum atomic E-state index is -0.578. The first-order valence-electron chi connectivity index (χ1n) is 7.24. The Morgan fingerprint density at radius 2 is 1.88 bits per heavy atom. The van der Waals surface area contributed by atoms with Crippen LogP contribution in [0.1, 0.15) is 26.3 Å². The van der Waals surface area contributed by atoms with Gasteiger partial charge < -0.3 is 4.74 Å². The zero-order valence-electron chi connectivity index (χ0n) is 12.9. The summed E-state index contributed by atoms with van der Waals surface area (Å²) in [7, 11) is 0. The number of carbonyl (C=O) groups is 2. The molecule has 0 aliphatic carbocycles. The number of tetrazole rings is 1. The fraction of sp³-hybridized carbons (Fsp3) is 0.118. The van der Waals surface area contributed by atoms with Crippen molar-refractivity contribution in [3.05, 3.63) is 71.5 Å². The second kappa shape index (κ2) is 6.82. The molecule has 1 heterocycles. The third-order valence-corrected chi connectivity index (χ3v) is 3.40. The van der Waals surface area contributed by atoms with Crippen LogP contribution in [0.3, 0.4) is 0 Å². The highest BCUT2D eigenvalue weighted by Crippen LogP contribution is 2.11. The minimum Gasteiger partial charge on any atom is -0.454 e. The van der Waals surface area contributed by atoms with Crippen molar-refractivity contribution in [3.8, 4) is 5.69 Å². The maximum Gasteiger partial charge on any atom is 0.338 e. The quantitative estimate of drug-likeness (QED) is 0.527. The topological polar surface area (TPSA) is 87.0 Å². The number of esters is 1. The van der Waals surface area contributed by atoms with E-state index in [2.05, 4.69) is 15.5 Å². The van der Waals surface area contributed by atoms with E-state index in [1.165, 1.54) is 11.0 Å². The molecule has 0 aliphatic rings. The summed E-state index contributed by atoms with van der Waals surface area (Å²) in [6.07, 6.45) is 1.42. The van der Waals surface area contributed by atoms with E-state index < -0.39 is 5.97 Å². The molecule has 0 aliphatic heterocycles. The number of rotatable bonds is 5. The van der Waals surface area contributed by atoms with Gasteiger partial charge in [0.05, 0.1) is 11.3 Å². The number of ketones is 1. The molecule has 0 unspecified atom stereocenters. The van der Waals surface area contributed by atoms with E-state index in [0.29, 0.717) is 16.8 Å². The molecule has 0 atom stereocenters. The van der Waals surface area contributed by atoms with E-state index in [-0.39, 0.29) is 12.4 Å². The zero-order valence-corrected chi connectivity index (χ0v) is 12.9. The van der Waals surface area contributed by atoms with Gasteiger partial charge in [0.1, 0.15) is 6.33 Å². The maximum absolute atomic E-state index is 12.1. The van der Waals surface area contributed by atoms with Crippen LogP contribution in [0, 0.1) is 6.92 Å². The summed E-state index contributed by atoms with van der Waals surface area (Å²) in [6, 6.07) is 13.7. The normalized spacial score (nSPS) is 10.4. The molecule has 7 nitrogen and oxygen atoms in total. The Balaban J connectivity index is 1.66. The van der Waals surface area contributed by atoms with E-state index >= 15 is 0 Å². The Morgan fingerprint density at radius 1 is 1.08 bits per heavy atom. The average molecular weight is 322 g/mol. The van der Waals surface area contributed by atoms with Crippen LogP contribution in [0.2, 0.25) is 0 Å². The Hall–Kier alpha value is -3.35. The van der Waals surface area contributed by atoms with Gasteiger partial charge in [0.15, 0.2) is 12.4 Å². The molecule has 0 saturated heterocycles. The van der Waals surface area contributed by atoms with Crippen molar-refractivity contribution in [2.45, 2.75) is 6.92 Å². The van der Waals surface area contributed by atoms with Crippen LogP contribution in [0.25, 0.3) is 5.69 Å². The predicted octanol–water partition coefficient (Wildman–Crippen LogP) is 2.01. The summed E-state index contributed by atoms with van der Waals surface area (Å²) in [5, 5.41) is 10.8. The number of hydrogen-bond acceptors (Lipinski definition) is 6. The zero-order chi connectivity index (χ0) is 16.9. The van der Waals surface area contributed by atoms with Gasteiger partial charge in [-0.25, -0.2) is 9.48 Å². The number of ether oxygens (including phenoxy) is 1. The largest absolute Gasteiger partial charge is 0.454 e. The summed E-state index contributed by atoms with van der Waals surface area (Å²) in [4.78, 5) is 24.2. The molecular weight excluding hydrogens is 308 g/mol. The molecular formula is C17H14N4O3. The fourth-order valence-electron chi connectivity index (χ4n) is 2.09. The van der Waals surface area contributed by atoms with Crippen molar-refractivity contribution in [2.75, 3.05) is 6.61 Å². The number of nitrogens with zero attached hydrogens (tertiary/aromatic N) is 4. The first kappa shape index (κ1) is 15.5. The number of Topliss-reactive ketones (excluding diaryl/α,β-unsaturated/α-hetero) is 1. The third-order valence-electron chi connectivity index (χ3n) is 3.40. The average Bonchev–Trinajstić information content (AvgIpc) is 3.15. The molecule has 3 rings (SSSR count). The minimum absolute atomic E-state index is 0.250. The number of aromatic nitrogens is 4. The van der Waals surface area contributed by atoms with E-state index in [1.54, 1.807) is 36.4 Å². The lowest BCUT2D eigenvalue weighted by molar-refractivity contribution is 0.0474. The molecule has 0 bridgehead atoms. The molecule has 0 N–H and O–H groups in total. The Bertz CT molecular complexity index is 858. The predicted molar refractivity (Wildman–Crippen MR) is 84.9 cm³/mol. The number of hydrogen-bond donors (Lipinski definition) is 0. The van der Waals surface area contributed by atoms with E-state index in [0.717, 1.165) is 5.56 Å². The molecule has 3 aromatic rings. The van der Waals surface area contributed by atoms with Crippen molar-refractivity contribution < 1.29 is 14.3 Å². The maximum atomic E-state index is 12.1. The SMILES string of the molecule is Cc1ccc(C(=O)COC(=O)c2cccc(-n3cnnn3)c2)cc1. The Labute approximate surface area is 137 Å². The molecule has 24 heavy (non-hydrogen) atoms. The Kier molecular flexibility index (Phi) is 4.42. The molecule has 7 heteroatoms. The van der Waals surface area contributed by atoms with Gasteiger partial charge >= 0.3 is 5.97 Å². The standard InChI is InChI=1S/C17H14N4O3/c1-12-5-7-13(8-6-12)16(22)10-24-17(23)14-3-2-4-15(9-14)21-11-18-19-20-21/h2-9,11H,10H2,1H3. The van der Waals surface area contributed by atoms with Crippen molar-refractivity contribution in [1.29, 1.82) is 0 Å². The summed E-state index contributed by atoms with van der Waals surface area (Å²) < 4.78 is 6.52. The molecule has 0 saturated carbocycles. The van der Waals surface area contributed by atoms with E-state index in [9.17, 15) is 9.59 Å². The van der Waals surface area contributed by atoms with Crippen molar-refractivity contribution in [2.24, 2.45) is 0 Å². The molecule has 1 aromatic heterocycles. The smallest absolute Gasteiger partial charge is 0.338 e. The van der Waals surface area contributed by atoms with Crippen LogP contribution < -0.4 is 0 Å². The second-order valence-electron chi connectivity index (χ2n) is 5.17. The van der Waals surface area contributed by atoms with Gasteiger partial charge in [0, 0.05) is 5.56 Å². The molecule has 120 valence electrons. The van der Waals surface area contributed by atoms with Gasteiger partial charge in [-0.2, -0.15) is 0 Å². The molecule has 0 radical (unpaired) electrons. The third kappa shape index (κ3) is 3.52. The first-order valence-corrected chi connectivity index (χ1v) is 7.24. The lowest BCUT2D eigenvalue weighted by Crippen LogP contribution is -2.14. The summed E-state index contributed by atoms with van der Waals surface area (Å²) in [5.41, 5.74) is 2.51. The highest BCUT2D eigenvalue weighted by Gasteiger charge is 2.12. The van der Waals surface area contributed by atoms with Gasteiger partial charge in [0.2, 0.25) is 0 Å². The molecule has 0 spiro atoms. The number of aryl methyl sites for hydroxylation is 1. The molecule has 0 amide bonds. The van der Waals surface area contributed by atoms with Crippen LogP contribution in [-0.2, 0) is 4.74 Å². The van der Waals surface area contributed by atoms with Gasteiger partial charge in [-0.05, 0) is 35.5 Å². The fourth-order valence-corrected chi connectivity index (χ4v) is 2.09. The molecule has 2 aromatic carbocycles.